The first kappa shape index (κ1) is 16.7. The molecule has 0 amide bonds. The Balaban J connectivity index is 2.32. The smallest absolute Gasteiger partial charge is 0.224 e. The van der Waals surface area contributed by atoms with Crippen LogP contribution in [0, 0.1) is 0 Å². The Hall–Kier alpha value is -0.630. The molecule has 0 saturated heterocycles. The van der Waals surface area contributed by atoms with Crippen molar-refractivity contribution in [3.05, 3.63) is 60.2 Å². The highest BCUT2D eigenvalue weighted by atomic mass is 127. The van der Waals surface area contributed by atoms with E-state index >= 15 is 0 Å². The van der Waals surface area contributed by atoms with E-state index in [1.165, 1.54) is 0 Å². The Bertz CT molecular complexity index is 712. The Morgan fingerprint density at radius 2 is 1.52 bits per heavy atom. The van der Waals surface area contributed by atoms with E-state index in [2.05, 4.69) is 0 Å². The molecule has 0 spiro atoms. The molecule has 0 bridgehead atoms. The van der Waals surface area contributed by atoms with Crippen LogP contribution >= 0.6 is 34.2 Å². The summed E-state index contributed by atoms with van der Waals surface area (Å²) in [5.41, 5.74) is 2.50. The fourth-order valence-corrected chi connectivity index (χ4v) is 2.91. The topological polar surface area (TPSA) is 54.4 Å². The van der Waals surface area contributed by atoms with Crippen LogP contribution in [0.1, 0.15) is 11.7 Å². The molecule has 3 nitrogen and oxygen atoms in total. The molecular formula is C15H14ClIO3S. The molecule has 0 saturated carbocycles. The molecule has 0 radical (unpaired) electrons. The van der Waals surface area contributed by atoms with Crippen molar-refractivity contribution in [2.45, 2.75) is 8.32 Å². The Morgan fingerprint density at radius 1 is 1.05 bits per heavy atom. The number of halogens is 2. The zero-order chi connectivity index (χ0) is 15.7. The van der Waals surface area contributed by atoms with Gasteiger partial charge in [-0.15, -0.1) is 0 Å². The molecule has 21 heavy (non-hydrogen) atoms. The normalized spacial score (nSPS) is 16.2. The number of hydrogen-bond acceptors (Lipinski definition) is 3. The highest BCUT2D eigenvalue weighted by molar-refractivity contribution is 14.1. The van der Waals surface area contributed by atoms with Crippen molar-refractivity contribution >= 4 is 44.0 Å². The van der Waals surface area contributed by atoms with Crippen LogP contribution in [-0.2, 0) is 9.84 Å². The Morgan fingerprint density at radius 3 is 2.00 bits per heavy atom. The Labute approximate surface area is 143 Å². The number of rotatable bonds is 4. The van der Waals surface area contributed by atoms with Gasteiger partial charge in [0.1, 0.15) is 6.10 Å². The molecule has 6 heteroatoms. The maximum atomic E-state index is 11.7. The summed E-state index contributed by atoms with van der Waals surface area (Å²) in [6.45, 7) is 0. The third-order valence-corrected chi connectivity index (χ3v) is 8.40. The van der Waals surface area contributed by atoms with E-state index in [9.17, 15) is 13.5 Å². The molecule has 0 heterocycles. The minimum Gasteiger partial charge on any atom is -0.385 e. The van der Waals surface area contributed by atoms with Crippen LogP contribution in [0.25, 0.3) is 11.1 Å². The van der Waals surface area contributed by atoms with Crippen molar-refractivity contribution in [2.75, 3.05) is 6.26 Å². The molecule has 2 rings (SSSR count). The monoisotopic (exact) mass is 436 g/mol. The lowest BCUT2D eigenvalue weighted by atomic mass is 10.0. The van der Waals surface area contributed by atoms with Gasteiger partial charge in [0.05, 0.1) is 0 Å². The van der Waals surface area contributed by atoms with Crippen LogP contribution in [0.4, 0.5) is 0 Å². The van der Waals surface area contributed by atoms with E-state index in [1.807, 2.05) is 42.5 Å². The van der Waals surface area contributed by atoms with E-state index in [0.717, 1.165) is 17.4 Å². The molecule has 1 N–H and O–H groups in total. The number of benzene rings is 2. The van der Waals surface area contributed by atoms with Gasteiger partial charge in [-0.25, -0.2) is 8.42 Å². The molecule has 0 fully saturated rings. The van der Waals surface area contributed by atoms with E-state index in [0.29, 0.717) is 5.56 Å². The third-order valence-electron chi connectivity index (χ3n) is 3.15. The number of aliphatic hydroxyl groups is 1. The lowest BCUT2D eigenvalue weighted by Gasteiger charge is -2.24. The maximum Gasteiger partial charge on any atom is 0.224 e. The van der Waals surface area contributed by atoms with E-state index in [1.54, 1.807) is 34.7 Å². The van der Waals surface area contributed by atoms with Crippen LogP contribution in [-0.4, -0.2) is 22.0 Å². The highest BCUT2D eigenvalue weighted by Crippen LogP contribution is 2.42. The molecule has 0 aliphatic heterocycles. The van der Waals surface area contributed by atoms with E-state index < -0.39 is 18.2 Å². The molecule has 112 valence electrons. The van der Waals surface area contributed by atoms with Gasteiger partial charge < -0.3 is 5.11 Å². The van der Waals surface area contributed by atoms with Crippen LogP contribution in [0.3, 0.4) is 0 Å². The summed E-state index contributed by atoms with van der Waals surface area (Å²) in [5, 5.41) is 10.2. The standard InChI is InChI=1S/C15H14ClIO3S/c1-21(19,20)15(16,17)14(18)13-9-7-12(8-10-13)11-5-3-2-4-6-11/h2-10,14,18H,1H3/t14-,15-/m0/s1. The summed E-state index contributed by atoms with van der Waals surface area (Å²) in [6.07, 6.45) is -0.298. The quantitative estimate of drug-likeness (QED) is 0.586. The fraction of sp³-hybridized carbons (Fsp3) is 0.200. The molecule has 2 aromatic carbocycles. The third kappa shape index (κ3) is 3.59. The molecule has 0 aromatic heterocycles. The van der Waals surface area contributed by atoms with Gasteiger partial charge in [-0.3, -0.25) is 0 Å². The van der Waals surface area contributed by atoms with Gasteiger partial charge in [0.25, 0.3) is 0 Å². The number of sulfone groups is 1. The predicted molar refractivity (Wildman–Crippen MR) is 94.3 cm³/mol. The zero-order valence-electron chi connectivity index (χ0n) is 11.2. The van der Waals surface area contributed by atoms with Gasteiger partial charge in [-0.1, -0.05) is 66.2 Å². The molecular weight excluding hydrogens is 423 g/mol. The summed E-state index contributed by atoms with van der Waals surface area (Å²) < 4.78 is 21.5. The molecule has 0 aliphatic rings. The Kier molecular flexibility index (Phi) is 4.97. The average Bonchev–Trinajstić information content (AvgIpc) is 2.46. The first-order valence-corrected chi connectivity index (χ1v) is 9.49. The molecule has 2 aromatic rings. The van der Waals surface area contributed by atoms with Crippen LogP contribution in [0.2, 0.25) is 0 Å². The predicted octanol–water partition coefficient (Wildman–Crippen LogP) is 3.76. The van der Waals surface area contributed by atoms with E-state index in [4.69, 9.17) is 11.6 Å². The van der Waals surface area contributed by atoms with Crippen LogP contribution in [0.5, 0.6) is 0 Å². The first-order valence-electron chi connectivity index (χ1n) is 6.14. The molecule has 0 aliphatic carbocycles. The second-order valence-electron chi connectivity index (χ2n) is 4.72. The number of aliphatic hydroxyl groups excluding tert-OH is 1. The first-order chi connectivity index (χ1) is 9.73. The fourth-order valence-electron chi connectivity index (χ4n) is 1.89. The molecule has 0 unspecified atom stereocenters. The second kappa shape index (κ2) is 6.24. The molecule has 2 atom stereocenters. The van der Waals surface area contributed by atoms with Crippen molar-refractivity contribution in [3.63, 3.8) is 0 Å². The average molecular weight is 437 g/mol. The van der Waals surface area contributed by atoms with Crippen molar-refractivity contribution < 1.29 is 13.5 Å². The van der Waals surface area contributed by atoms with Gasteiger partial charge in [0.15, 0.2) is 9.84 Å². The van der Waals surface area contributed by atoms with Crippen LogP contribution < -0.4 is 0 Å². The van der Waals surface area contributed by atoms with Gasteiger partial charge in [-0.05, 0) is 39.3 Å². The van der Waals surface area contributed by atoms with Crippen LogP contribution in [0.15, 0.2) is 54.6 Å². The second-order valence-corrected chi connectivity index (χ2v) is 10.8. The number of alkyl halides is 2. The minimum absolute atomic E-state index is 0.463. The zero-order valence-corrected chi connectivity index (χ0v) is 14.9. The maximum absolute atomic E-state index is 11.7. The van der Waals surface area contributed by atoms with Gasteiger partial charge in [0.2, 0.25) is 2.21 Å². The summed E-state index contributed by atoms with van der Waals surface area (Å²) >= 11 is 7.56. The highest BCUT2D eigenvalue weighted by Gasteiger charge is 2.44. The van der Waals surface area contributed by atoms with Crippen molar-refractivity contribution in [1.82, 2.24) is 0 Å². The van der Waals surface area contributed by atoms with Crippen molar-refractivity contribution in [1.29, 1.82) is 0 Å². The summed E-state index contributed by atoms with van der Waals surface area (Å²) in [7, 11) is -3.61. The van der Waals surface area contributed by atoms with Gasteiger partial charge >= 0.3 is 0 Å². The lowest BCUT2D eigenvalue weighted by Crippen LogP contribution is -2.31. The number of hydrogen-bond donors (Lipinski definition) is 1. The van der Waals surface area contributed by atoms with Gasteiger partial charge in [-0.2, -0.15) is 0 Å². The summed E-state index contributed by atoms with van der Waals surface area (Å²) in [5.74, 6) is 0. The van der Waals surface area contributed by atoms with Gasteiger partial charge in [0, 0.05) is 6.26 Å². The lowest BCUT2D eigenvalue weighted by molar-refractivity contribution is 0.188. The van der Waals surface area contributed by atoms with E-state index in [-0.39, 0.29) is 0 Å². The summed E-state index contributed by atoms with van der Waals surface area (Å²) in [6, 6.07) is 16.8. The SMILES string of the molecule is CS(=O)(=O)[C@@](Cl)(I)[C@@H](O)c1ccc(-c2ccccc2)cc1. The summed E-state index contributed by atoms with van der Waals surface area (Å²) in [4.78, 5) is 0. The van der Waals surface area contributed by atoms with Crippen molar-refractivity contribution in [2.24, 2.45) is 0 Å². The largest absolute Gasteiger partial charge is 0.385 e. The van der Waals surface area contributed by atoms with Crippen molar-refractivity contribution in [3.8, 4) is 11.1 Å². The minimum atomic E-state index is -3.61.